The number of fused-ring (bicyclic) bond motifs is 1. The summed E-state index contributed by atoms with van der Waals surface area (Å²) in [6.45, 7) is 4.38. The summed E-state index contributed by atoms with van der Waals surface area (Å²) in [5.74, 6) is 1.37. The van der Waals surface area contributed by atoms with Crippen LogP contribution in [-0.4, -0.2) is 15.0 Å². The molecule has 0 radical (unpaired) electrons. The van der Waals surface area contributed by atoms with Crippen molar-refractivity contribution in [1.29, 1.82) is 0 Å². The molecule has 0 aliphatic carbocycles. The third kappa shape index (κ3) is 2.29. The van der Waals surface area contributed by atoms with Gasteiger partial charge < -0.3 is 10.3 Å². The Hall–Kier alpha value is -2.36. The molecule has 96 valence electrons. The smallest absolute Gasteiger partial charge is 0.143 e. The first-order chi connectivity index (χ1) is 9.24. The molecule has 1 aromatic carbocycles. The van der Waals surface area contributed by atoms with Crippen molar-refractivity contribution in [3.8, 4) is 0 Å². The summed E-state index contributed by atoms with van der Waals surface area (Å²) < 4.78 is 0. The standard InChI is InChI=1S/C15H16N4/c1-10(2)11-3-5-12(6-4-11)19-15-13-7-8-16-14(13)17-9-18-15/h3-10H,1-2H3,(H2,16,17,18,19). The van der Waals surface area contributed by atoms with E-state index in [0.29, 0.717) is 5.92 Å². The molecule has 0 unspecified atom stereocenters. The molecule has 0 bridgehead atoms. The predicted molar refractivity (Wildman–Crippen MR) is 77.7 cm³/mol. The van der Waals surface area contributed by atoms with E-state index in [4.69, 9.17) is 0 Å². The van der Waals surface area contributed by atoms with Crippen LogP contribution in [0, 0.1) is 0 Å². The second kappa shape index (κ2) is 4.72. The van der Waals surface area contributed by atoms with Crippen LogP contribution in [0.5, 0.6) is 0 Å². The highest BCUT2D eigenvalue weighted by atomic mass is 15.0. The zero-order chi connectivity index (χ0) is 13.2. The molecule has 0 atom stereocenters. The number of hydrogen-bond acceptors (Lipinski definition) is 3. The number of nitrogens with zero attached hydrogens (tertiary/aromatic N) is 2. The lowest BCUT2D eigenvalue weighted by molar-refractivity contribution is 0.867. The van der Waals surface area contributed by atoms with E-state index in [0.717, 1.165) is 22.5 Å². The van der Waals surface area contributed by atoms with Crippen LogP contribution in [0.25, 0.3) is 11.0 Å². The molecule has 4 nitrogen and oxygen atoms in total. The molecule has 0 aliphatic rings. The van der Waals surface area contributed by atoms with Gasteiger partial charge in [-0.15, -0.1) is 0 Å². The van der Waals surface area contributed by atoms with Gasteiger partial charge in [-0.2, -0.15) is 0 Å². The van der Waals surface area contributed by atoms with Gasteiger partial charge in [0, 0.05) is 11.9 Å². The number of hydrogen-bond donors (Lipinski definition) is 2. The fourth-order valence-electron chi connectivity index (χ4n) is 2.06. The molecule has 0 aliphatic heterocycles. The molecule has 2 N–H and O–H groups in total. The number of anilines is 2. The highest BCUT2D eigenvalue weighted by Crippen LogP contribution is 2.23. The Morgan fingerprint density at radius 2 is 1.84 bits per heavy atom. The fourth-order valence-corrected chi connectivity index (χ4v) is 2.06. The number of rotatable bonds is 3. The third-order valence-corrected chi connectivity index (χ3v) is 3.19. The highest BCUT2D eigenvalue weighted by molar-refractivity contribution is 5.88. The van der Waals surface area contributed by atoms with Gasteiger partial charge in [-0.05, 0) is 29.7 Å². The molecule has 2 aromatic heterocycles. The predicted octanol–water partition coefficient (Wildman–Crippen LogP) is 3.82. The quantitative estimate of drug-likeness (QED) is 0.745. The summed E-state index contributed by atoms with van der Waals surface area (Å²) >= 11 is 0. The maximum absolute atomic E-state index is 4.29. The topological polar surface area (TPSA) is 53.6 Å². The molecule has 0 saturated carbocycles. The van der Waals surface area contributed by atoms with Gasteiger partial charge >= 0.3 is 0 Å². The van der Waals surface area contributed by atoms with Crippen molar-refractivity contribution in [1.82, 2.24) is 15.0 Å². The summed E-state index contributed by atoms with van der Waals surface area (Å²) in [7, 11) is 0. The molecule has 3 aromatic rings. The first-order valence-electron chi connectivity index (χ1n) is 6.39. The van der Waals surface area contributed by atoms with E-state index >= 15 is 0 Å². The van der Waals surface area contributed by atoms with Crippen molar-refractivity contribution >= 4 is 22.5 Å². The number of nitrogens with one attached hydrogen (secondary N) is 2. The normalized spacial score (nSPS) is 11.1. The Kier molecular flexibility index (Phi) is 2.91. The molecule has 0 fully saturated rings. The first-order valence-corrected chi connectivity index (χ1v) is 6.39. The van der Waals surface area contributed by atoms with E-state index in [1.807, 2.05) is 12.3 Å². The van der Waals surface area contributed by atoms with E-state index < -0.39 is 0 Å². The average Bonchev–Trinajstić information content (AvgIpc) is 2.89. The Balaban J connectivity index is 1.90. The van der Waals surface area contributed by atoms with Crippen LogP contribution in [0.2, 0.25) is 0 Å². The van der Waals surface area contributed by atoms with E-state index in [1.165, 1.54) is 5.56 Å². The first kappa shape index (κ1) is 11.7. The van der Waals surface area contributed by atoms with Crippen molar-refractivity contribution in [3.63, 3.8) is 0 Å². The molecule has 4 heteroatoms. The number of H-pyrrole nitrogens is 1. The van der Waals surface area contributed by atoms with Crippen molar-refractivity contribution in [2.75, 3.05) is 5.32 Å². The molecule has 0 spiro atoms. The van der Waals surface area contributed by atoms with Crippen molar-refractivity contribution in [2.24, 2.45) is 0 Å². The summed E-state index contributed by atoms with van der Waals surface area (Å²) in [5.41, 5.74) is 3.21. The van der Waals surface area contributed by atoms with Crippen molar-refractivity contribution in [2.45, 2.75) is 19.8 Å². The maximum atomic E-state index is 4.29. The Labute approximate surface area is 111 Å². The van der Waals surface area contributed by atoms with Crippen LogP contribution >= 0.6 is 0 Å². The number of aromatic amines is 1. The Bertz CT molecular complexity index is 683. The van der Waals surface area contributed by atoms with Crippen LogP contribution in [0.4, 0.5) is 11.5 Å². The van der Waals surface area contributed by atoms with Gasteiger partial charge in [-0.25, -0.2) is 9.97 Å². The van der Waals surface area contributed by atoms with Gasteiger partial charge in [0.1, 0.15) is 17.8 Å². The lowest BCUT2D eigenvalue weighted by Crippen LogP contribution is -1.95. The fraction of sp³-hybridized carbons (Fsp3) is 0.200. The summed E-state index contributed by atoms with van der Waals surface area (Å²) in [4.78, 5) is 11.5. The van der Waals surface area contributed by atoms with Crippen LogP contribution in [0.1, 0.15) is 25.3 Å². The number of aromatic nitrogens is 3. The van der Waals surface area contributed by atoms with Gasteiger partial charge in [-0.1, -0.05) is 26.0 Å². The zero-order valence-corrected chi connectivity index (χ0v) is 11.0. The third-order valence-electron chi connectivity index (χ3n) is 3.19. The zero-order valence-electron chi connectivity index (χ0n) is 11.0. The molecule has 3 rings (SSSR count). The van der Waals surface area contributed by atoms with Crippen molar-refractivity contribution in [3.05, 3.63) is 48.4 Å². The second-order valence-electron chi connectivity index (χ2n) is 4.86. The lowest BCUT2D eigenvalue weighted by Gasteiger charge is -2.09. The second-order valence-corrected chi connectivity index (χ2v) is 4.86. The summed E-state index contributed by atoms with van der Waals surface area (Å²) in [5, 5.41) is 4.32. The Morgan fingerprint density at radius 1 is 1.05 bits per heavy atom. The minimum atomic E-state index is 0.546. The molecule has 2 heterocycles. The molecule has 19 heavy (non-hydrogen) atoms. The number of benzene rings is 1. The van der Waals surface area contributed by atoms with Crippen molar-refractivity contribution < 1.29 is 0 Å². The minimum Gasteiger partial charge on any atom is -0.346 e. The molecular weight excluding hydrogens is 236 g/mol. The van der Waals surface area contributed by atoms with Gasteiger partial charge in [-0.3, -0.25) is 0 Å². The van der Waals surface area contributed by atoms with Crippen LogP contribution in [-0.2, 0) is 0 Å². The SMILES string of the molecule is CC(C)c1ccc(Nc2ncnc3[nH]ccc23)cc1. The van der Waals surface area contributed by atoms with Crippen LogP contribution in [0.15, 0.2) is 42.9 Å². The van der Waals surface area contributed by atoms with Gasteiger partial charge in [0.25, 0.3) is 0 Å². The van der Waals surface area contributed by atoms with E-state index in [1.54, 1.807) is 6.33 Å². The van der Waals surface area contributed by atoms with Gasteiger partial charge in [0.2, 0.25) is 0 Å². The monoisotopic (exact) mass is 252 g/mol. The molecule has 0 saturated heterocycles. The van der Waals surface area contributed by atoms with Crippen LogP contribution < -0.4 is 5.32 Å². The maximum Gasteiger partial charge on any atom is 0.143 e. The average molecular weight is 252 g/mol. The van der Waals surface area contributed by atoms with E-state index in [2.05, 4.69) is 58.4 Å². The highest BCUT2D eigenvalue weighted by Gasteiger charge is 2.05. The largest absolute Gasteiger partial charge is 0.346 e. The van der Waals surface area contributed by atoms with E-state index in [-0.39, 0.29) is 0 Å². The summed E-state index contributed by atoms with van der Waals surface area (Å²) in [6, 6.07) is 10.4. The minimum absolute atomic E-state index is 0.546. The Morgan fingerprint density at radius 3 is 2.58 bits per heavy atom. The molecular formula is C15H16N4. The summed E-state index contributed by atoms with van der Waals surface area (Å²) in [6.07, 6.45) is 3.43. The molecule has 0 amide bonds. The lowest BCUT2D eigenvalue weighted by atomic mass is 10.0. The van der Waals surface area contributed by atoms with Gasteiger partial charge in [0.05, 0.1) is 5.39 Å². The van der Waals surface area contributed by atoms with Gasteiger partial charge in [0.15, 0.2) is 0 Å². The van der Waals surface area contributed by atoms with Crippen LogP contribution in [0.3, 0.4) is 0 Å². The van der Waals surface area contributed by atoms with E-state index in [9.17, 15) is 0 Å².